The molecule has 0 amide bonds. The molecular formula is C16H22N2OS. The van der Waals surface area contributed by atoms with Crippen LogP contribution in [0.15, 0.2) is 36.4 Å². The van der Waals surface area contributed by atoms with E-state index in [0.29, 0.717) is 0 Å². The fourth-order valence-corrected chi connectivity index (χ4v) is 2.20. The number of para-hydroxylation sites is 1. The van der Waals surface area contributed by atoms with Crippen molar-refractivity contribution < 1.29 is 4.74 Å². The molecule has 1 heterocycles. The first-order valence-electron chi connectivity index (χ1n) is 7.20. The third-order valence-electron chi connectivity index (χ3n) is 3.11. The van der Waals surface area contributed by atoms with Gasteiger partial charge in [0.2, 0.25) is 5.88 Å². The minimum absolute atomic E-state index is 0.719. The zero-order valence-electron chi connectivity index (χ0n) is 11.7. The lowest BCUT2D eigenvalue weighted by Gasteiger charge is -2.06. The molecule has 0 unspecified atom stereocenters. The van der Waals surface area contributed by atoms with Gasteiger partial charge in [-0.3, -0.25) is 0 Å². The van der Waals surface area contributed by atoms with Crippen LogP contribution in [0.25, 0.3) is 10.9 Å². The number of rotatable bonds is 9. The van der Waals surface area contributed by atoms with Crippen molar-refractivity contribution in [2.24, 2.45) is 0 Å². The zero-order chi connectivity index (χ0) is 14.0. The summed E-state index contributed by atoms with van der Waals surface area (Å²) in [6.45, 7) is 2.79. The summed E-state index contributed by atoms with van der Waals surface area (Å²) >= 11 is 4.16. The Kier molecular flexibility index (Phi) is 6.68. The molecule has 2 aromatic rings. The van der Waals surface area contributed by atoms with Crippen molar-refractivity contribution in [1.29, 1.82) is 0 Å². The molecule has 0 saturated heterocycles. The number of nitrogens with zero attached hydrogens (tertiary/aromatic N) is 1. The minimum atomic E-state index is 0.719. The predicted octanol–water partition coefficient (Wildman–Crippen LogP) is 3.30. The van der Waals surface area contributed by atoms with E-state index in [2.05, 4.69) is 35.1 Å². The van der Waals surface area contributed by atoms with E-state index < -0.39 is 0 Å². The van der Waals surface area contributed by atoms with Gasteiger partial charge in [-0.25, -0.2) is 4.98 Å². The fraction of sp³-hybridized carbons (Fsp3) is 0.438. The smallest absolute Gasteiger partial charge is 0.213 e. The summed E-state index contributed by atoms with van der Waals surface area (Å²) in [4.78, 5) is 4.49. The highest BCUT2D eigenvalue weighted by atomic mass is 32.1. The second kappa shape index (κ2) is 8.82. The van der Waals surface area contributed by atoms with Gasteiger partial charge in [0.1, 0.15) is 0 Å². The Morgan fingerprint density at radius 1 is 1.00 bits per heavy atom. The molecule has 2 rings (SSSR count). The van der Waals surface area contributed by atoms with Crippen molar-refractivity contribution in [1.82, 2.24) is 10.3 Å². The summed E-state index contributed by atoms with van der Waals surface area (Å²) in [6.07, 6.45) is 3.42. The topological polar surface area (TPSA) is 34.1 Å². The van der Waals surface area contributed by atoms with Crippen molar-refractivity contribution in [2.45, 2.75) is 19.3 Å². The highest BCUT2D eigenvalue weighted by molar-refractivity contribution is 7.80. The number of thiol groups is 1. The summed E-state index contributed by atoms with van der Waals surface area (Å²) in [5.74, 6) is 1.62. The van der Waals surface area contributed by atoms with Gasteiger partial charge in [0.25, 0.3) is 0 Å². The maximum Gasteiger partial charge on any atom is 0.213 e. The number of ether oxygens (including phenoxy) is 1. The van der Waals surface area contributed by atoms with Crippen LogP contribution in [0.1, 0.15) is 19.3 Å². The van der Waals surface area contributed by atoms with E-state index in [0.717, 1.165) is 48.7 Å². The lowest BCUT2D eigenvalue weighted by atomic mass is 10.2. The van der Waals surface area contributed by atoms with E-state index >= 15 is 0 Å². The van der Waals surface area contributed by atoms with Crippen LogP contribution >= 0.6 is 12.6 Å². The maximum absolute atomic E-state index is 5.70. The highest BCUT2D eigenvalue weighted by Crippen LogP contribution is 2.16. The largest absolute Gasteiger partial charge is 0.478 e. The molecule has 0 aliphatic carbocycles. The van der Waals surface area contributed by atoms with Crippen LogP contribution < -0.4 is 10.1 Å². The maximum atomic E-state index is 5.70. The van der Waals surface area contributed by atoms with Gasteiger partial charge >= 0.3 is 0 Å². The highest BCUT2D eigenvalue weighted by Gasteiger charge is 1.98. The number of hydrogen-bond donors (Lipinski definition) is 2. The third-order valence-corrected chi connectivity index (χ3v) is 3.33. The molecule has 0 spiro atoms. The molecule has 0 bridgehead atoms. The Balaban J connectivity index is 1.65. The van der Waals surface area contributed by atoms with E-state index in [1.54, 1.807) is 0 Å². The second-order valence-corrected chi connectivity index (χ2v) is 5.17. The van der Waals surface area contributed by atoms with E-state index in [-0.39, 0.29) is 0 Å². The first-order valence-corrected chi connectivity index (χ1v) is 7.83. The molecule has 0 aliphatic heterocycles. The number of fused-ring (bicyclic) bond motifs is 1. The average molecular weight is 290 g/mol. The average Bonchev–Trinajstić information content (AvgIpc) is 2.50. The van der Waals surface area contributed by atoms with Crippen LogP contribution in [-0.2, 0) is 0 Å². The minimum Gasteiger partial charge on any atom is -0.478 e. The van der Waals surface area contributed by atoms with Gasteiger partial charge in [-0.1, -0.05) is 18.2 Å². The van der Waals surface area contributed by atoms with E-state index in [4.69, 9.17) is 4.74 Å². The second-order valence-electron chi connectivity index (χ2n) is 4.72. The third kappa shape index (κ3) is 5.02. The molecule has 3 nitrogen and oxygen atoms in total. The van der Waals surface area contributed by atoms with Crippen LogP contribution in [0, 0.1) is 0 Å². The van der Waals surface area contributed by atoms with Crippen molar-refractivity contribution >= 4 is 23.5 Å². The van der Waals surface area contributed by atoms with Gasteiger partial charge in [-0.05, 0) is 37.9 Å². The van der Waals surface area contributed by atoms with E-state index in [1.165, 1.54) is 12.8 Å². The van der Waals surface area contributed by atoms with Crippen LogP contribution in [-0.4, -0.2) is 30.4 Å². The number of aromatic nitrogens is 1. The Labute approximate surface area is 126 Å². The zero-order valence-corrected chi connectivity index (χ0v) is 12.6. The quantitative estimate of drug-likeness (QED) is 0.549. The Hall–Kier alpha value is -1.26. The molecule has 0 saturated carbocycles. The fourth-order valence-electron chi connectivity index (χ4n) is 2.04. The molecular weight excluding hydrogens is 268 g/mol. The van der Waals surface area contributed by atoms with E-state index in [9.17, 15) is 0 Å². The molecule has 0 aliphatic rings. The van der Waals surface area contributed by atoms with Crippen molar-refractivity contribution in [3.8, 4) is 5.88 Å². The van der Waals surface area contributed by atoms with Crippen LogP contribution in [0.4, 0.5) is 0 Å². The molecule has 20 heavy (non-hydrogen) atoms. The normalized spacial score (nSPS) is 10.8. The van der Waals surface area contributed by atoms with Crippen LogP contribution in [0.5, 0.6) is 5.88 Å². The summed E-state index contributed by atoms with van der Waals surface area (Å²) in [6, 6.07) is 12.1. The number of benzene rings is 1. The monoisotopic (exact) mass is 290 g/mol. The standard InChI is InChI=1S/C16H22N2OS/c20-13-11-17-10-4-1-5-12-19-16-9-8-14-6-2-3-7-15(14)18-16/h2-3,6-9,17,20H,1,4-5,10-13H2. The van der Waals surface area contributed by atoms with Crippen molar-refractivity contribution in [3.63, 3.8) is 0 Å². The van der Waals surface area contributed by atoms with Crippen LogP contribution in [0.2, 0.25) is 0 Å². The molecule has 0 radical (unpaired) electrons. The first kappa shape index (κ1) is 15.1. The Morgan fingerprint density at radius 3 is 2.80 bits per heavy atom. The van der Waals surface area contributed by atoms with Crippen LogP contribution in [0.3, 0.4) is 0 Å². The van der Waals surface area contributed by atoms with Crippen molar-refractivity contribution in [2.75, 3.05) is 25.4 Å². The summed E-state index contributed by atoms with van der Waals surface area (Å²) in [5.41, 5.74) is 0.987. The molecule has 0 atom stereocenters. The van der Waals surface area contributed by atoms with Gasteiger partial charge in [0.05, 0.1) is 12.1 Å². The van der Waals surface area contributed by atoms with Crippen molar-refractivity contribution in [3.05, 3.63) is 36.4 Å². The number of unbranched alkanes of at least 4 members (excludes halogenated alkanes) is 2. The SMILES string of the molecule is SCCNCCCCCOc1ccc2ccccc2n1. The Morgan fingerprint density at radius 2 is 1.90 bits per heavy atom. The van der Waals surface area contributed by atoms with E-state index in [1.807, 2.05) is 24.3 Å². The predicted molar refractivity (Wildman–Crippen MR) is 87.8 cm³/mol. The van der Waals surface area contributed by atoms with Gasteiger partial charge in [-0.2, -0.15) is 12.6 Å². The van der Waals surface area contributed by atoms with Gasteiger partial charge in [0.15, 0.2) is 0 Å². The molecule has 108 valence electrons. The van der Waals surface area contributed by atoms with Gasteiger partial charge in [0, 0.05) is 23.8 Å². The molecule has 1 N–H and O–H groups in total. The van der Waals surface area contributed by atoms with Gasteiger partial charge < -0.3 is 10.1 Å². The molecule has 0 fully saturated rings. The Bertz CT molecular complexity index is 519. The molecule has 4 heteroatoms. The first-order chi connectivity index (χ1) is 9.90. The molecule has 1 aromatic carbocycles. The summed E-state index contributed by atoms with van der Waals surface area (Å²) in [5, 5.41) is 4.48. The number of nitrogens with one attached hydrogen (secondary N) is 1. The van der Waals surface area contributed by atoms with Gasteiger partial charge in [-0.15, -0.1) is 0 Å². The summed E-state index contributed by atoms with van der Waals surface area (Å²) < 4.78 is 5.70. The molecule has 1 aromatic heterocycles. The lowest BCUT2D eigenvalue weighted by molar-refractivity contribution is 0.295. The number of pyridine rings is 1. The summed E-state index contributed by atoms with van der Waals surface area (Å²) in [7, 11) is 0. The number of hydrogen-bond acceptors (Lipinski definition) is 4. The lowest BCUT2D eigenvalue weighted by Crippen LogP contribution is -2.17.